The van der Waals surface area contributed by atoms with E-state index in [0.29, 0.717) is 11.4 Å². The Morgan fingerprint density at radius 2 is 1.67 bits per heavy atom. The van der Waals surface area contributed by atoms with Gasteiger partial charge in [-0.2, -0.15) is 0 Å². The Kier molecular flexibility index (Phi) is 4.23. The number of hydrogen-bond donors (Lipinski definition) is 2. The number of benzene rings is 2. The van der Waals surface area contributed by atoms with Gasteiger partial charge in [0.1, 0.15) is 0 Å². The second-order valence-electron chi connectivity index (χ2n) is 5.07. The minimum atomic E-state index is -3.60. The maximum Gasteiger partial charge on any atom is 0.261 e. The van der Waals surface area contributed by atoms with Crippen LogP contribution in [0, 0.1) is 13.8 Å². The molecule has 0 fully saturated rings. The van der Waals surface area contributed by atoms with Gasteiger partial charge in [-0.25, -0.2) is 8.42 Å². The molecular weight excluding hydrogens is 284 g/mol. The summed E-state index contributed by atoms with van der Waals surface area (Å²) in [6, 6.07) is 10.4. The van der Waals surface area contributed by atoms with Gasteiger partial charge in [0.05, 0.1) is 10.6 Å². The first-order chi connectivity index (χ1) is 9.85. The number of hydrogen-bond acceptors (Lipinski definition) is 3. The lowest BCUT2D eigenvalue weighted by Crippen LogP contribution is -2.14. The van der Waals surface area contributed by atoms with Crippen LogP contribution in [-0.2, 0) is 16.4 Å². The molecule has 2 aromatic carbocycles. The van der Waals surface area contributed by atoms with E-state index in [2.05, 4.69) is 4.72 Å². The molecule has 4 nitrogen and oxygen atoms in total. The molecule has 0 aromatic heterocycles. The predicted octanol–water partition coefficient (Wildman–Crippen LogP) is 3.25. The first-order valence-corrected chi connectivity index (χ1v) is 8.31. The normalized spacial score (nSPS) is 11.4. The average Bonchev–Trinajstić information content (AvgIpc) is 2.48. The Morgan fingerprint density at radius 3 is 2.24 bits per heavy atom. The Labute approximate surface area is 126 Å². The number of rotatable bonds is 4. The maximum absolute atomic E-state index is 12.4. The van der Waals surface area contributed by atoms with Gasteiger partial charge < -0.3 is 5.73 Å². The zero-order valence-corrected chi connectivity index (χ0v) is 13.3. The van der Waals surface area contributed by atoms with E-state index in [4.69, 9.17) is 5.73 Å². The summed E-state index contributed by atoms with van der Waals surface area (Å²) in [5.74, 6) is 0. The Bertz CT molecular complexity index is 751. The SMILES string of the molecule is CCc1ccc(S(=O)(=O)Nc2ccc(C)c(N)c2C)cc1. The molecule has 2 rings (SSSR count). The van der Waals surface area contributed by atoms with Crippen molar-refractivity contribution in [2.75, 3.05) is 10.5 Å². The molecule has 0 amide bonds. The van der Waals surface area contributed by atoms with Gasteiger partial charge in [0.2, 0.25) is 0 Å². The molecule has 0 radical (unpaired) electrons. The van der Waals surface area contributed by atoms with Crippen LogP contribution in [-0.4, -0.2) is 8.42 Å². The van der Waals surface area contributed by atoms with E-state index in [9.17, 15) is 8.42 Å². The van der Waals surface area contributed by atoms with Gasteiger partial charge >= 0.3 is 0 Å². The van der Waals surface area contributed by atoms with E-state index in [1.165, 1.54) is 0 Å². The molecule has 0 aliphatic carbocycles. The highest BCUT2D eigenvalue weighted by atomic mass is 32.2. The fourth-order valence-corrected chi connectivity index (χ4v) is 3.21. The van der Waals surface area contributed by atoms with Crippen LogP contribution < -0.4 is 10.5 Å². The van der Waals surface area contributed by atoms with Crippen molar-refractivity contribution >= 4 is 21.4 Å². The molecule has 2 aromatic rings. The Balaban J connectivity index is 2.35. The quantitative estimate of drug-likeness (QED) is 0.852. The van der Waals surface area contributed by atoms with Gasteiger partial charge in [0, 0.05) is 5.69 Å². The van der Waals surface area contributed by atoms with E-state index < -0.39 is 10.0 Å². The summed E-state index contributed by atoms with van der Waals surface area (Å²) in [4.78, 5) is 0.248. The lowest BCUT2D eigenvalue weighted by atomic mass is 10.1. The van der Waals surface area contributed by atoms with E-state index >= 15 is 0 Å². The highest BCUT2D eigenvalue weighted by molar-refractivity contribution is 7.92. The second-order valence-corrected chi connectivity index (χ2v) is 6.75. The molecule has 0 saturated carbocycles. The molecule has 0 saturated heterocycles. The van der Waals surface area contributed by atoms with E-state index in [1.807, 2.05) is 26.0 Å². The third-order valence-corrected chi connectivity index (χ3v) is 5.00. The number of nitrogens with two attached hydrogens (primary N) is 1. The van der Waals surface area contributed by atoms with Gasteiger partial charge in [-0.1, -0.05) is 25.1 Å². The smallest absolute Gasteiger partial charge is 0.261 e. The molecule has 0 bridgehead atoms. The number of aryl methyl sites for hydroxylation is 2. The van der Waals surface area contributed by atoms with Crippen LogP contribution in [0.15, 0.2) is 41.3 Å². The summed E-state index contributed by atoms with van der Waals surface area (Å²) >= 11 is 0. The number of sulfonamides is 1. The highest BCUT2D eigenvalue weighted by Gasteiger charge is 2.16. The van der Waals surface area contributed by atoms with Crippen LogP contribution >= 0.6 is 0 Å². The van der Waals surface area contributed by atoms with E-state index in [1.54, 1.807) is 31.2 Å². The predicted molar refractivity (Wildman–Crippen MR) is 87.0 cm³/mol. The van der Waals surface area contributed by atoms with Crippen molar-refractivity contribution < 1.29 is 8.42 Å². The molecule has 21 heavy (non-hydrogen) atoms. The van der Waals surface area contributed by atoms with E-state index in [0.717, 1.165) is 23.1 Å². The average molecular weight is 304 g/mol. The third-order valence-electron chi connectivity index (χ3n) is 3.62. The van der Waals surface area contributed by atoms with Crippen molar-refractivity contribution in [3.05, 3.63) is 53.1 Å². The van der Waals surface area contributed by atoms with Crippen molar-refractivity contribution in [3.63, 3.8) is 0 Å². The summed E-state index contributed by atoms with van der Waals surface area (Å²) in [6.45, 7) is 5.73. The fourth-order valence-electron chi connectivity index (χ4n) is 2.08. The molecule has 3 N–H and O–H groups in total. The van der Waals surface area contributed by atoms with Gasteiger partial charge in [-0.05, 0) is 55.2 Å². The largest absolute Gasteiger partial charge is 0.398 e. The molecule has 0 spiro atoms. The molecule has 0 atom stereocenters. The monoisotopic (exact) mass is 304 g/mol. The summed E-state index contributed by atoms with van der Waals surface area (Å²) in [7, 11) is -3.60. The van der Waals surface area contributed by atoms with E-state index in [-0.39, 0.29) is 4.90 Å². The van der Waals surface area contributed by atoms with Gasteiger partial charge in [0.15, 0.2) is 0 Å². The zero-order chi connectivity index (χ0) is 15.6. The molecule has 0 aliphatic rings. The number of nitrogens with one attached hydrogen (secondary N) is 1. The van der Waals surface area contributed by atoms with Crippen LogP contribution in [0.1, 0.15) is 23.6 Å². The minimum absolute atomic E-state index is 0.248. The third kappa shape index (κ3) is 3.19. The zero-order valence-electron chi connectivity index (χ0n) is 12.5. The van der Waals surface area contributed by atoms with Crippen LogP contribution in [0.25, 0.3) is 0 Å². The molecule has 5 heteroatoms. The molecule has 0 heterocycles. The Hall–Kier alpha value is -2.01. The number of anilines is 2. The fraction of sp³-hybridized carbons (Fsp3) is 0.250. The van der Waals surface area contributed by atoms with Crippen molar-refractivity contribution in [1.29, 1.82) is 0 Å². The van der Waals surface area contributed by atoms with Gasteiger partial charge in [0.25, 0.3) is 10.0 Å². The van der Waals surface area contributed by atoms with Crippen molar-refractivity contribution in [3.8, 4) is 0 Å². The summed E-state index contributed by atoms with van der Waals surface area (Å²) in [6.07, 6.45) is 0.876. The molecular formula is C16H20N2O2S. The lowest BCUT2D eigenvalue weighted by Gasteiger charge is -2.13. The lowest BCUT2D eigenvalue weighted by molar-refractivity contribution is 0.601. The standard InChI is InChI=1S/C16H20N2O2S/c1-4-13-6-8-14(9-7-13)21(19,20)18-15-10-5-11(2)16(17)12(15)3/h5-10,18H,4,17H2,1-3H3. The summed E-state index contributed by atoms with van der Waals surface area (Å²) in [5.41, 5.74) is 9.84. The Morgan fingerprint density at radius 1 is 1.05 bits per heavy atom. The molecule has 0 aliphatic heterocycles. The van der Waals surface area contributed by atoms with Crippen LogP contribution in [0.3, 0.4) is 0 Å². The topological polar surface area (TPSA) is 72.2 Å². The first kappa shape index (κ1) is 15.4. The highest BCUT2D eigenvalue weighted by Crippen LogP contribution is 2.26. The second kappa shape index (κ2) is 5.77. The van der Waals surface area contributed by atoms with Gasteiger partial charge in [-0.3, -0.25) is 4.72 Å². The summed E-state index contributed by atoms with van der Waals surface area (Å²) in [5, 5.41) is 0. The first-order valence-electron chi connectivity index (χ1n) is 6.82. The van der Waals surface area contributed by atoms with Crippen molar-refractivity contribution in [2.45, 2.75) is 32.1 Å². The van der Waals surface area contributed by atoms with Crippen LogP contribution in [0.5, 0.6) is 0 Å². The molecule has 0 unspecified atom stereocenters. The van der Waals surface area contributed by atoms with Crippen LogP contribution in [0.4, 0.5) is 11.4 Å². The van der Waals surface area contributed by atoms with Crippen molar-refractivity contribution in [2.24, 2.45) is 0 Å². The minimum Gasteiger partial charge on any atom is -0.398 e. The van der Waals surface area contributed by atoms with Gasteiger partial charge in [-0.15, -0.1) is 0 Å². The summed E-state index contributed by atoms with van der Waals surface area (Å²) < 4.78 is 27.4. The number of nitrogen functional groups attached to an aromatic ring is 1. The molecule has 112 valence electrons. The van der Waals surface area contributed by atoms with Crippen molar-refractivity contribution in [1.82, 2.24) is 0 Å². The maximum atomic E-state index is 12.4. The van der Waals surface area contributed by atoms with Crippen LogP contribution in [0.2, 0.25) is 0 Å².